The maximum absolute atomic E-state index is 12.8. The Bertz CT molecular complexity index is 1050. The number of benzene rings is 1. The lowest BCUT2D eigenvalue weighted by atomic mass is 9.48. The number of ether oxygens (including phenoxy) is 1. The zero-order chi connectivity index (χ0) is 24.3. The third-order valence-corrected chi connectivity index (χ3v) is 9.67. The molecule has 0 N–H and O–H groups in total. The summed E-state index contributed by atoms with van der Waals surface area (Å²) in [6.07, 6.45) is 12.2. The van der Waals surface area contributed by atoms with Crippen molar-refractivity contribution in [1.82, 2.24) is 0 Å². The third kappa shape index (κ3) is 3.71. The van der Waals surface area contributed by atoms with Crippen molar-refractivity contribution in [1.29, 1.82) is 0 Å². The number of hydrogen-bond donors (Lipinski definition) is 0. The Morgan fingerprint density at radius 2 is 1.68 bits per heavy atom. The second-order valence-corrected chi connectivity index (χ2v) is 11.4. The molecule has 3 saturated carbocycles. The van der Waals surface area contributed by atoms with Crippen molar-refractivity contribution in [2.75, 3.05) is 0 Å². The molecule has 34 heavy (non-hydrogen) atoms. The number of esters is 1. The summed E-state index contributed by atoms with van der Waals surface area (Å²) in [4.78, 5) is 33.7. The Balaban J connectivity index is 1.32. The molecule has 8 heteroatoms. The first-order valence-corrected chi connectivity index (χ1v) is 12.4. The lowest BCUT2D eigenvalue weighted by Gasteiger charge is -2.57. The van der Waals surface area contributed by atoms with E-state index >= 15 is 0 Å². The summed E-state index contributed by atoms with van der Waals surface area (Å²) in [5, 5.41) is 22.3. The van der Waals surface area contributed by atoms with E-state index in [2.05, 4.69) is 19.9 Å². The summed E-state index contributed by atoms with van der Waals surface area (Å²) in [5.74, 6) is 1.51. The Hall–Kier alpha value is -2.77. The molecule has 0 spiro atoms. The van der Waals surface area contributed by atoms with Gasteiger partial charge in [-0.25, -0.2) is 4.79 Å². The second kappa shape index (κ2) is 8.17. The van der Waals surface area contributed by atoms with Crippen LogP contribution in [0, 0.1) is 48.8 Å². The van der Waals surface area contributed by atoms with Crippen LogP contribution in [0.25, 0.3) is 0 Å². The molecular weight excluding hydrogens is 436 g/mol. The summed E-state index contributed by atoms with van der Waals surface area (Å²) < 4.78 is 5.74. The number of non-ortho nitro benzene ring substituents is 2. The average molecular weight is 469 g/mol. The second-order valence-electron chi connectivity index (χ2n) is 11.4. The summed E-state index contributed by atoms with van der Waals surface area (Å²) >= 11 is 0. The van der Waals surface area contributed by atoms with Crippen LogP contribution in [-0.2, 0) is 4.74 Å². The fraction of sp³-hybridized carbons (Fsp3) is 0.654. The van der Waals surface area contributed by atoms with Crippen molar-refractivity contribution in [2.45, 2.75) is 77.7 Å². The van der Waals surface area contributed by atoms with E-state index in [1.165, 1.54) is 37.7 Å². The summed E-state index contributed by atoms with van der Waals surface area (Å²) in [6, 6.07) is 2.95. The van der Waals surface area contributed by atoms with E-state index < -0.39 is 27.2 Å². The van der Waals surface area contributed by atoms with Crippen LogP contribution in [0.1, 0.15) is 82.0 Å². The molecule has 0 saturated heterocycles. The molecule has 1 aromatic carbocycles. The molecule has 0 aromatic heterocycles. The van der Waals surface area contributed by atoms with Gasteiger partial charge < -0.3 is 4.74 Å². The molecule has 5 rings (SSSR count). The van der Waals surface area contributed by atoms with Gasteiger partial charge in [-0.3, -0.25) is 20.2 Å². The van der Waals surface area contributed by atoms with E-state index in [1.807, 2.05) is 0 Å². The molecule has 0 amide bonds. The van der Waals surface area contributed by atoms with Gasteiger partial charge in [-0.15, -0.1) is 0 Å². The maximum atomic E-state index is 12.8. The number of fused-ring (bicyclic) bond motifs is 5. The first-order chi connectivity index (χ1) is 16.1. The van der Waals surface area contributed by atoms with E-state index in [0.29, 0.717) is 17.8 Å². The predicted octanol–water partition coefficient (Wildman–Crippen LogP) is 6.38. The Kier molecular flexibility index (Phi) is 5.52. The smallest absolute Gasteiger partial charge is 0.338 e. The van der Waals surface area contributed by atoms with Gasteiger partial charge in [-0.2, -0.15) is 0 Å². The Labute approximate surface area is 199 Å². The quantitative estimate of drug-likeness (QED) is 0.219. The number of carbonyl (C=O) groups is 1. The number of carbonyl (C=O) groups excluding carboxylic acids is 1. The average Bonchev–Trinajstić information content (AvgIpc) is 3.20. The number of rotatable bonds is 4. The van der Waals surface area contributed by atoms with Crippen LogP contribution in [0.4, 0.5) is 11.4 Å². The minimum Gasteiger partial charge on any atom is -0.458 e. The number of allylic oxidation sites excluding steroid dienone is 1. The highest BCUT2D eigenvalue weighted by Gasteiger charge is 2.56. The lowest BCUT2D eigenvalue weighted by Crippen LogP contribution is -2.49. The SMILES string of the molecule is C[C@]12CCC[C@@H]1[C@H]1CC=C3C[C@@H](OC(=O)c4cc([N+](=O)[O-])cc([N+](=O)[O-])c4)CC[C@]3(C)[C@@H]1CC2. The topological polar surface area (TPSA) is 113 Å². The molecule has 4 aliphatic rings. The molecule has 0 heterocycles. The van der Waals surface area contributed by atoms with Gasteiger partial charge in [0.2, 0.25) is 0 Å². The fourth-order valence-corrected chi connectivity index (χ4v) is 7.86. The highest BCUT2D eigenvalue weighted by molar-refractivity contribution is 5.91. The van der Waals surface area contributed by atoms with Gasteiger partial charge in [0, 0.05) is 18.6 Å². The van der Waals surface area contributed by atoms with Crippen LogP contribution in [-0.4, -0.2) is 21.9 Å². The van der Waals surface area contributed by atoms with E-state index in [9.17, 15) is 25.0 Å². The summed E-state index contributed by atoms with van der Waals surface area (Å²) in [5.41, 5.74) is 0.893. The van der Waals surface area contributed by atoms with Crippen LogP contribution >= 0.6 is 0 Å². The zero-order valence-electron chi connectivity index (χ0n) is 19.8. The van der Waals surface area contributed by atoms with Gasteiger partial charge >= 0.3 is 5.97 Å². The van der Waals surface area contributed by atoms with Crippen molar-refractivity contribution >= 4 is 17.3 Å². The van der Waals surface area contributed by atoms with Gasteiger partial charge in [0.25, 0.3) is 11.4 Å². The Morgan fingerprint density at radius 3 is 2.35 bits per heavy atom. The number of nitro groups is 2. The zero-order valence-corrected chi connectivity index (χ0v) is 19.8. The molecule has 1 aromatic rings. The van der Waals surface area contributed by atoms with E-state index in [0.717, 1.165) is 49.3 Å². The minimum absolute atomic E-state index is 0.139. The van der Waals surface area contributed by atoms with Gasteiger partial charge in [-0.05, 0) is 73.5 Å². The summed E-state index contributed by atoms with van der Waals surface area (Å²) in [7, 11) is 0. The third-order valence-electron chi connectivity index (χ3n) is 9.67. The minimum atomic E-state index is -0.742. The predicted molar refractivity (Wildman–Crippen MR) is 125 cm³/mol. The van der Waals surface area contributed by atoms with Gasteiger partial charge in [0.05, 0.1) is 21.5 Å². The molecule has 8 nitrogen and oxygen atoms in total. The van der Waals surface area contributed by atoms with Crippen LogP contribution in [0.3, 0.4) is 0 Å². The van der Waals surface area contributed by atoms with Crippen LogP contribution < -0.4 is 0 Å². The van der Waals surface area contributed by atoms with Gasteiger partial charge in [-0.1, -0.05) is 31.9 Å². The van der Waals surface area contributed by atoms with Crippen LogP contribution in [0.5, 0.6) is 0 Å². The normalized spacial score (nSPS) is 36.5. The van der Waals surface area contributed by atoms with Crippen molar-refractivity contribution in [3.8, 4) is 0 Å². The van der Waals surface area contributed by atoms with Gasteiger partial charge in [0.15, 0.2) is 0 Å². The molecule has 3 fully saturated rings. The van der Waals surface area contributed by atoms with Crippen molar-refractivity contribution in [3.05, 3.63) is 55.6 Å². The molecule has 6 atom stereocenters. The first kappa shape index (κ1) is 23.0. The molecule has 4 aliphatic carbocycles. The molecule has 0 radical (unpaired) electrons. The van der Waals surface area contributed by atoms with Crippen molar-refractivity contribution in [3.63, 3.8) is 0 Å². The van der Waals surface area contributed by atoms with E-state index in [-0.39, 0.29) is 17.1 Å². The fourth-order valence-electron chi connectivity index (χ4n) is 7.86. The lowest BCUT2D eigenvalue weighted by molar-refractivity contribution is -0.394. The molecule has 0 aliphatic heterocycles. The van der Waals surface area contributed by atoms with E-state index in [1.54, 1.807) is 0 Å². The largest absolute Gasteiger partial charge is 0.458 e. The first-order valence-electron chi connectivity index (χ1n) is 12.4. The number of nitro benzene ring substituents is 2. The number of nitrogens with zero attached hydrogens (tertiary/aromatic N) is 2. The molecule has 0 unspecified atom stereocenters. The maximum Gasteiger partial charge on any atom is 0.338 e. The van der Waals surface area contributed by atoms with Crippen LogP contribution in [0.2, 0.25) is 0 Å². The van der Waals surface area contributed by atoms with E-state index in [4.69, 9.17) is 4.74 Å². The standard InChI is InChI=1S/C26H32N2O6/c1-25-9-3-4-22(25)21-6-5-17-14-20(7-11-26(17,2)23(21)8-10-25)34-24(29)16-12-18(27(30)31)15-19(13-16)28(32)33/h5,12-13,15,20-23H,3-4,6-11,14H2,1-2H3/t20-,21+,22+,23+,25+,26-/m0/s1. The highest BCUT2D eigenvalue weighted by atomic mass is 16.6. The van der Waals surface area contributed by atoms with Crippen molar-refractivity contribution in [2.24, 2.45) is 28.6 Å². The Morgan fingerprint density at radius 1 is 0.971 bits per heavy atom. The van der Waals surface area contributed by atoms with Gasteiger partial charge in [0.1, 0.15) is 6.10 Å². The monoisotopic (exact) mass is 468 g/mol. The molecular formula is C26H32N2O6. The number of hydrogen-bond acceptors (Lipinski definition) is 6. The molecule has 0 bridgehead atoms. The van der Waals surface area contributed by atoms with Crippen LogP contribution in [0.15, 0.2) is 29.8 Å². The highest BCUT2D eigenvalue weighted by Crippen LogP contribution is 2.64. The van der Waals surface area contributed by atoms with Crippen molar-refractivity contribution < 1.29 is 19.4 Å². The summed E-state index contributed by atoms with van der Waals surface area (Å²) in [6.45, 7) is 4.90. The molecule has 182 valence electrons.